The molecule has 2 N–H and O–H groups in total. The van der Waals surface area contributed by atoms with Gasteiger partial charge in [0.05, 0.1) is 6.42 Å². The van der Waals surface area contributed by atoms with E-state index in [4.69, 9.17) is 10.2 Å². The topological polar surface area (TPSA) is 77.8 Å². The summed E-state index contributed by atoms with van der Waals surface area (Å²) in [5, 5.41) is 17.8. The fourth-order valence-electron chi connectivity index (χ4n) is 1.68. The average molecular weight is 245 g/mol. The minimum Gasteiger partial charge on any atom is -0.481 e. The molecule has 5 nitrogen and oxygen atoms in total. The minimum atomic E-state index is -1.06. The Balaban J connectivity index is 4.54. The van der Waals surface area contributed by atoms with Crippen LogP contribution in [0.25, 0.3) is 0 Å². The van der Waals surface area contributed by atoms with Crippen molar-refractivity contribution in [3.63, 3.8) is 0 Å². The van der Waals surface area contributed by atoms with Gasteiger partial charge in [0.1, 0.15) is 6.04 Å². The Morgan fingerprint density at radius 1 is 1.06 bits per heavy atom. The molecule has 0 saturated carbocycles. The molecule has 0 rings (SSSR count). The van der Waals surface area contributed by atoms with Crippen LogP contribution in [0.1, 0.15) is 46.0 Å². The maximum atomic E-state index is 11.1. The first-order valence-electron chi connectivity index (χ1n) is 6.21. The molecule has 0 aromatic carbocycles. The molecule has 17 heavy (non-hydrogen) atoms. The van der Waals surface area contributed by atoms with Gasteiger partial charge in [0, 0.05) is 0 Å². The van der Waals surface area contributed by atoms with Crippen LogP contribution < -0.4 is 0 Å². The molecule has 0 aliphatic heterocycles. The third-order valence-corrected chi connectivity index (χ3v) is 2.69. The number of rotatable bonds is 10. The fourth-order valence-corrected chi connectivity index (χ4v) is 1.68. The van der Waals surface area contributed by atoms with Crippen molar-refractivity contribution in [2.75, 3.05) is 13.1 Å². The number of carboxylic acids is 2. The van der Waals surface area contributed by atoms with Crippen molar-refractivity contribution in [1.82, 2.24) is 4.90 Å². The van der Waals surface area contributed by atoms with Crippen LogP contribution in [0.3, 0.4) is 0 Å². The number of hydrogen-bond donors (Lipinski definition) is 2. The van der Waals surface area contributed by atoms with E-state index in [9.17, 15) is 9.59 Å². The lowest BCUT2D eigenvalue weighted by Crippen LogP contribution is -2.43. The summed E-state index contributed by atoms with van der Waals surface area (Å²) in [7, 11) is 0. The smallest absolute Gasteiger partial charge is 0.321 e. The first-order valence-corrected chi connectivity index (χ1v) is 6.21. The molecule has 0 aliphatic rings. The summed E-state index contributed by atoms with van der Waals surface area (Å²) >= 11 is 0. The van der Waals surface area contributed by atoms with Crippen LogP contribution in [0, 0.1) is 0 Å². The molecule has 0 bridgehead atoms. The van der Waals surface area contributed by atoms with E-state index >= 15 is 0 Å². The van der Waals surface area contributed by atoms with E-state index in [1.54, 1.807) is 4.90 Å². The third-order valence-electron chi connectivity index (χ3n) is 2.69. The highest BCUT2D eigenvalue weighted by Crippen LogP contribution is 2.09. The second kappa shape index (κ2) is 8.98. The summed E-state index contributed by atoms with van der Waals surface area (Å²) in [5.74, 6) is -2.10. The molecule has 0 heterocycles. The van der Waals surface area contributed by atoms with Gasteiger partial charge in [0.25, 0.3) is 0 Å². The molecule has 0 saturated heterocycles. The van der Waals surface area contributed by atoms with Crippen LogP contribution in [0.15, 0.2) is 0 Å². The van der Waals surface area contributed by atoms with Crippen LogP contribution in [0.4, 0.5) is 0 Å². The number of hydrogen-bond acceptors (Lipinski definition) is 3. The van der Waals surface area contributed by atoms with Crippen molar-refractivity contribution in [1.29, 1.82) is 0 Å². The van der Waals surface area contributed by atoms with Crippen LogP contribution in [0.5, 0.6) is 0 Å². The molecule has 1 atom stereocenters. The summed E-state index contributed by atoms with van der Waals surface area (Å²) in [4.78, 5) is 23.6. The van der Waals surface area contributed by atoms with Crippen LogP contribution >= 0.6 is 0 Å². The van der Waals surface area contributed by atoms with Gasteiger partial charge in [-0.3, -0.25) is 14.5 Å². The zero-order valence-corrected chi connectivity index (χ0v) is 10.7. The van der Waals surface area contributed by atoms with E-state index < -0.39 is 18.0 Å². The van der Waals surface area contributed by atoms with Gasteiger partial charge in [-0.25, -0.2) is 0 Å². The van der Waals surface area contributed by atoms with Crippen molar-refractivity contribution >= 4 is 11.9 Å². The van der Waals surface area contributed by atoms with Gasteiger partial charge in [0.15, 0.2) is 0 Å². The van der Waals surface area contributed by atoms with Gasteiger partial charge in [-0.1, -0.05) is 26.7 Å². The predicted octanol–water partition coefficient (Wildman–Crippen LogP) is 1.82. The molecular formula is C12H23NO4. The first kappa shape index (κ1) is 15.9. The molecule has 100 valence electrons. The van der Waals surface area contributed by atoms with E-state index in [-0.39, 0.29) is 6.42 Å². The lowest BCUT2D eigenvalue weighted by molar-refractivity contribution is -0.149. The number of carbonyl (C=O) groups is 2. The SMILES string of the molecule is CCCCN(CCCC)[C@@H](CC(=O)O)C(=O)O. The summed E-state index contributed by atoms with van der Waals surface area (Å²) < 4.78 is 0. The lowest BCUT2D eigenvalue weighted by atomic mass is 10.1. The number of carboxylic acid groups (broad SMARTS) is 2. The zero-order valence-electron chi connectivity index (χ0n) is 10.7. The average Bonchev–Trinajstić information content (AvgIpc) is 2.26. The molecule has 5 heteroatoms. The Bertz CT molecular complexity index is 235. The monoisotopic (exact) mass is 245 g/mol. The number of unbranched alkanes of at least 4 members (excludes halogenated alkanes) is 2. The summed E-state index contributed by atoms with van der Waals surface area (Å²) in [6.07, 6.45) is 3.41. The molecule has 0 spiro atoms. The Hall–Kier alpha value is -1.10. The van der Waals surface area contributed by atoms with E-state index in [0.29, 0.717) is 13.1 Å². The summed E-state index contributed by atoms with van der Waals surface area (Å²) in [6, 6.07) is -0.898. The summed E-state index contributed by atoms with van der Waals surface area (Å²) in [6.45, 7) is 5.37. The second-order valence-corrected chi connectivity index (χ2v) is 4.19. The highest BCUT2D eigenvalue weighted by Gasteiger charge is 2.27. The Morgan fingerprint density at radius 3 is 1.82 bits per heavy atom. The normalized spacial score (nSPS) is 12.6. The fraction of sp³-hybridized carbons (Fsp3) is 0.833. The Kier molecular flexibility index (Phi) is 8.40. The maximum Gasteiger partial charge on any atom is 0.321 e. The first-order chi connectivity index (χ1) is 8.02. The summed E-state index contributed by atoms with van der Waals surface area (Å²) in [5.41, 5.74) is 0. The molecule has 0 aromatic heterocycles. The molecule has 0 unspecified atom stereocenters. The number of aliphatic carboxylic acids is 2. The predicted molar refractivity (Wildman–Crippen MR) is 65.1 cm³/mol. The Morgan fingerprint density at radius 2 is 1.53 bits per heavy atom. The zero-order chi connectivity index (χ0) is 13.3. The van der Waals surface area contributed by atoms with E-state index in [1.165, 1.54) is 0 Å². The van der Waals surface area contributed by atoms with Gasteiger partial charge in [-0.05, 0) is 25.9 Å². The van der Waals surface area contributed by atoms with Gasteiger partial charge >= 0.3 is 11.9 Å². The van der Waals surface area contributed by atoms with Crippen molar-refractivity contribution in [2.45, 2.75) is 52.0 Å². The van der Waals surface area contributed by atoms with Crippen molar-refractivity contribution in [3.05, 3.63) is 0 Å². The molecular weight excluding hydrogens is 222 g/mol. The van der Waals surface area contributed by atoms with E-state index in [2.05, 4.69) is 0 Å². The third kappa shape index (κ3) is 6.94. The van der Waals surface area contributed by atoms with E-state index in [0.717, 1.165) is 25.7 Å². The minimum absolute atomic E-state index is 0.331. The van der Waals surface area contributed by atoms with Crippen molar-refractivity contribution in [2.24, 2.45) is 0 Å². The van der Waals surface area contributed by atoms with Gasteiger partial charge < -0.3 is 10.2 Å². The van der Waals surface area contributed by atoms with Crippen LogP contribution in [-0.2, 0) is 9.59 Å². The quantitative estimate of drug-likeness (QED) is 0.614. The largest absolute Gasteiger partial charge is 0.481 e. The molecule has 0 fully saturated rings. The molecule has 0 amide bonds. The maximum absolute atomic E-state index is 11.1. The van der Waals surface area contributed by atoms with Gasteiger partial charge in [0.2, 0.25) is 0 Å². The standard InChI is InChI=1S/C12H23NO4/c1-3-5-7-13(8-6-4-2)10(12(16)17)9-11(14)15/h10H,3-9H2,1-2H3,(H,14,15)(H,16,17)/t10-/m0/s1. The van der Waals surface area contributed by atoms with Gasteiger partial charge in [-0.2, -0.15) is 0 Å². The number of nitrogens with zero attached hydrogens (tertiary/aromatic N) is 1. The molecule has 0 aromatic rings. The van der Waals surface area contributed by atoms with E-state index in [1.807, 2.05) is 13.8 Å². The van der Waals surface area contributed by atoms with Crippen molar-refractivity contribution < 1.29 is 19.8 Å². The lowest BCUT2D eigenvalue weighted by Gasteiger charge is -2.27. The van der Waals surface area contributed by atoms with Crippen LogP contribution in [0.2, 0.25) is 0 Å². The highest BCUT2D eigenvalue weighted by atomic mass is 16.4. The highest BCUT2D eigenvalue weighted by molar-refractivity contribution is 5.80. The molecule has 0 radical (unpaired) electrons. The van der Waals surface area contributed by atoms with Gasteiger partial charge in [-0.15, -0.1) is 0 Å². The van der Waals surface area contributed by atoms with Crippen molar-refractivity contribution in [3.8, 4) is 0 Å². The second-order valence-electron chi connectivity index (χ2n) is 4.19. The van der Waals surface area contributed by atoms with Crippen LogP contribution in [-0.4, -0.2) is 46.2 Å². The Labute approximate surface area is 102 Å². The molecule has 0 aliphatic carbocycles.